The van der Waals surface area contributed by atoms with E-state index in [1.807, 2.05) is 45.0 Å². The zero-order valence-corrected chi connectivity index (χ0v) is 22.1. The summed E-state index contributed by atoms with van der Waals surface area (Å²) in [4.78, 5) is 27.7. The molecule has 0 saturated heterocycles. The normalized spacial score (nSPS) is 13.2. The van der Waals surface area contributed by atoms with E-state index in [1.54, 1.807) is 31.2 Å². The molecule has 0 aliphatic carbocycles. The first-order valence-corrected chi connectivity index (χ1v) is 13.4. The molecule has 0 aromatic heterocycles. The molecular weight excluding hydrogens is 506 g/mol. The second kappa shape index (κ2) is 11.7. The lowest BCUT2D eigenvalue weighted by Gasteiger charge is -2.32. The number of benzene rings is 2. The molecule has 0 radical (unpaired) electrons. The van der Waals surface area contributed by atoms with Crippen molar-refractivity contribution < 1.29 is 18.0 Å². The average molecular weight is 539 g/mol. The lowest BCUT2D eigenvalue weighted by molar-refractivity contribution is -0.139. The van der Waals surface area contributed by atoms with Crippen LogP contribution in [0.2, 0.25) is 0 Å². The summed E-state index contributed by atoms with van der Waals surface area (Å²) >= 11 is 3.43. The van der Waals surface area contributed by atoms with Crippen LogP contribution in [0.25, 0.3) is 0 Å². The van der Waals surface area contributed by atoms with E-state index >= 15 is 0 Å². The van der Waals surface area contributed by atoms with E-state index in [4.69, 9.17) is 0 Å². The van der Waals surface area contributed by atoms with Crippen LogP contribution < -0.4 is 9.62 Å². The topological polar surface area (TPSA) is 86.8 Å². The van der Waals surface area contributed by atoms with E-state index in [0.717, 1.165) is 32.6 Å². The molecule has 2 aromatic carbocycles. The van der Waals surface area contributed by atoms with Crippen LogP contribution in [-0.4, -0.2) is 50.0 Å². The Balaban J connectivity index is 2.37. The van der Waals surface area contributed by atoms with Gasteiger partial charge in [-0.05, 0) is 57.0 Å². The van der Waals surface area contributed by atoms with Crippen molar-refractivity contribution in [2.45, 2.75) is 52.7 Å². The van der Waals surface area contributed by atoms with Gasteiger partial charge < -0.3 is 10.2 Å². The molecule has 0 aliphatic heterocycles. The molecule has 0 aliphatic rings. The fourth-order valence-corrected chi connectivity index (χ4v) is 4.50. The zero-order chi connectivity index (χ0) is 24.8. The Kier molecular flexibility index (Phi) is 9.48. The summed E-state index contributed by atoms with van der Waals surface area (Å²) in [5.41, 5.74) is 2.20. The van der Waals surface area contributed by atoms with Gasteiger partial charge in [0, 0.05) is 17.1 Å². The molecule has 1 N–H and O–H groups in total. The molecular formula is C24H32BrN3O4S. The molecule has 2 atom stereocenters. The largest absolute Gasteiger partial charge is 0.352 e. The summed E-state index contributed by atoms with van der Waals surface area (Å²) in [6.07, 6.45) is 1.82. The minimum atomic E-state index is -3.73. The van der Waals surface area contributed by atoms with E-state index < -0.39 is 28.5 Å². The SMILES string of the molecule is CC[C@H](C)NC(=O)[C@H](C)N(Cc1cccc(Br)c1)C(=O)CN(c1ccc(C)cc1)S(C)(=O)=O. The molecule has 0 fully saturated rings. The maximum atomic E-state index is 13.5. The van der Waals surface area contributed by atoms with Gasteiger partial charge in [0.2, 0.25) is 21.8 Å². The number of nitrogens with one attached hydrogen (secondary N) is 1. The third-order valence-corrected chi connectivity index (χ3v) is 7.05. The Morgan fingerprint density at radius 1 is 1.09 bits per heavy atom. The first-order chi connectivity index (χ1) is 15.4. The van der Waals surface area contributed by atoms with Gasteiger partial charge in [0.25, 0.3) is 0 Å². The monoisotopic (exact) mass is 537 g/mol. The van der Waals surface area contributed by atoms with Crippen molar-refractivity contribution in [1.29, 1.82) is 0 Å². The number of amides is 2. The first kappa shape index (κ1) is 26.9. The van der Waals surface area contributed by atoms with Crippen LogP contribution in [0.1, 0.15) is 38.3 Å². The van der Waals surface area contributed by atoms with Gasteiger partial charge in [-0.25, -0.2) is 8.42 Å². The summed E-state index contributed by atoms with van der Waals surface area (Å²) in [6.45, 7) is 7.18. The van der Waals surface area contributed by atoms with Gasteiger partial charge >= 0.3 is 0 Å². The van der Waals surface area contributed by atoms with E-state index in [2.05, 4.69) is 21.2 Å². The maximum absolute atomic E-state index is 13.5. The van der Waals surface area contributed by atoms with Crippen molar-refractivity contribution in [2.75, 3.05) is 17.1 Å². The summed E-state index contributed by atoms with van der Waals surface area (Å²) in [7, 11) is -3.73. The van der Waals surface area contributed by atoms with Crippen molar-refractivity contribution in [3.63, 3.8) is 0 Å². The van der Waals surface area contributed by atoms with Crippen LogP contribution in [-0.2, 0) is 26.2 Å². The Morgan fingerprint density at radius 2 is 1.73 bits per heavy atom. The average Bonchev–Trinajstić information content (AvgIpc) is 2.75. The minimum Gasteiger partial charge on any atom is -0.352 e. The predicted octanol–water partition coefficient (Wildman–Crippen LogP) is 3.86. The predicted molar refractivity (Wildman–Crippen MR) is 135 cm³/mol. The van der Waals surface area contributed by atoms with E-state index in [1.165, 1.54) is 4.90 Å². The van der Waals surface area contributed by atoms with Crippen molar-refractivity contribution >= 4 is 43.5 Å². The van der Waals surface area contributed by atoms with Crippen LogP contribution >= 0.6 is 15.9 Å². The van der Waals surface area contributed by atoms with Gasteiger partial charge in [0.15, 0.2) is 0 Å². The van der Waals surface area contributed by atoms with Gasteiger partial charge in [-0.15, -0.1) is 0 Å². The van der Waals surface area contributed by atoms with Crippen LogP contribution in [0.4, 0.5) is 5.69 Å². The Bertz CT molecular complexity index is 1070. The molecule has 33 heavy (non-hydrogen) atoms. The quantitative estimate of drug-likeness (QED) is 0.498. The third-order valence-electron chi connectivity index (χ3n) is 5.41. The maximum Gasteiger partial charge on any atom is 0.244 e. The van der Waals surface area contributed by atoms with Gasteiger partial charge in [-0.3, -0.25) is 13.9 Å². The van der Waals surface area contributed by atoms with Crippen LogP contribution in [0.5, 0.6) is 0 Å². The van der Waals surface area contributed by atoms with Crippen LogP contribution in [0.3, 0.4) is 0 Å². The van der Waals surface area contributed by atoms with Crippen molar-refractivity contribution in [1.82, 2.24) is 10.2 Å². The second-order valence-corrected chi connectivity index (χ2v) is 11.1. The molecule has 0 unspecified atom stereocenters. The highest BCUT2D eigenvalue weighted by Gasteiger charge is 2.30. The van der Waals surface area contributed by atoms with E-state index in [0.29, 0.717) is 5.69 Å². The van der Waals surface area contributed by atoms with Gasteiger partial charge in [0.1, 0.15) is 12.6 Å². The fraction of sp³-hybridized carbons (Fsp3) is 0.417. The number of carbonyl (C=O) groups is 2. The summed E-state index contributed by atoms with van der Waals surface area (Å²) in [6, 6.07) is 13.5. The highest BCUT2D eigenvalue weighted by Crippen LogP contribution is 2.20. The van der Waals surface area contributed by atoms with Gasteiger partial charge in [0.05, 0.1) is 11.9 Å². The molecule has 2 rings (SSSR count). The Labute approximate surface area is 205 Å². The standard InChI is InChI=1S/C24H32BrN3O4S/c1-6-18(3)26-24(30)19(4)27(15-20-8-7-9-21(25)14-20)23(29)16-28(33(5,31)32)22-12-10-17(2)11-13-22/h7-14,18-19H,6,15-16H2,1-5H3,(H,26,30)/t18-,19-/m0/s1. The van der Waals surface area contributed by atoms with Gasteiger partial charge in [-0.2, -0.15) is 0 Å². The lowest BCUT2D eigenvalue weighted by atomic mass is 10.1. The van der Waals surface area contributed by atoms with Gasteiger partial charge in [-0.1, -0.05) is 52.7 Å². The summed E-state index contributed by atoms with van der Waals surface area (Å²) < 4.78 is 27.0. The number of sulfonamides is 1. The smallest absolute Gasteiger partial charge is 0.244 e. The summed E-state index contributed by atoms with van der Waals surface area (Å²) in [5, 5.41) is 2.91. The molecule has 9 heteroatoms. The van der Waals surface area contributed by atoms with E-state index in [9.17, 15) is 18.0 Å². The summed E-state index contributed by atoms with van der Waals surface area (Å²) in [5.74, 6) is -0.748. The number of nitrogens with zero attached hydrogens (tertiary/aromatic N) is 2. The number of hydrogen-bond acceptors (Lipinski definition) is 4. The number of halogens is 1. The third kappa shape index (κ3) is 7.85. The molecule has 2 amide bonds. The Hall–Kier alpha value is -2.39. The number of rotatable bonds is 10. The van der Waals surface area contributed by atoms with E-state index in [-0.39, 0.29) is 18.5 Å². The van der Waals surface area contributed by atoms with Crippen LogP contribution in [0, 0.1) is 6.92 Å². The number of hydrogen-bond donors (Lipinski definition) is 1. The zero-order valence-electron chi connectivity index (χ0n) is 19.7. The molecule has 0 heterocycles. The van der Waals surface area contributed by atoms with Crippen molar-refractivity contribution in [3.05, 3.63) is 64.1 Å². The molecule has 180 valence electrons. The number of carbonyl (C=O) groups excluding carboxylic acids is 2. The molecule has 2 aromatic rings. The molecule has 0 bridgehead atoms. The first-order valence-electron chi connectivity index (χ1n) is 10.8. The number of anilines is 1. The highest BCUT2D eigenvalue weighted by molar-refractivity contribution is 9.10. The molecule has 0 saturated carbocycles. The Morgan fingerprint density at radius 3 is 2.27 bits per heavy atom. The van der Waals surface area contributed by atoms with Crippen molar-refractivity contribution in [3.8, 4) is 0 Å². The number of aryl methyl sites for hydroxylation is 1. The van der Waals surface area contributed by atoms with Crippen LogP contribution in [0.15, 0.2) is 53.0 Å². The second-order valence-electron chi connectivity index (χ2n) is 8.25. The molecule has 0 spiro atoms. The van der Waals surface area contributed by atoms with Crippen molar-refractivity contribution in [2.24, 2.45) is 0 Å². The highest BCUT2D eigenvalue weighted by atomic mass is 79.9. The lowest BCUT2D eigenvalue weighted by Crippen LogP contribution is -2.52. The fourth-order valence-electron chi connectivity index (χ4n) is 3.20. The minimum absolute atomic E-state index is 0.0390. The molecule has 7 nitrogen and oxygen atoms in total.